The number of hydrogen-bond donors (Lipinski definition) is 1. The molecule has 0 radical (unpaired) electrons. The molecule has 1 atom stereocenters. The second-order valence-electron chi connectivity index (χ2n) is 12.0. The molecule has 1 N–H and O–H groups in total. The lowest BCUT2D eigenvalue weighted by Crippen LogP contribution is -2.66. The first-order valence-corrected chi connectivity index (χ1v) is 24.5. The van der Waals surface area contributed by atoms with Crippen LogP contribution in [0.25, 0.3) is 0 Å². The molecule has 0 aromatic heterocycles. The summed E-state index contributed by atoms with van der Waals surface area (Å²) in [6, 6.07) is 0.739. The number of hydrogen-bond acceptors (Lipinski definition) is 4. The van der Waals surface area contributed by atoms with E-state index >= 15 is 0 Å². The monoisotopic (exact) mass is 758 g/mol. The molecule has 0 aromatic rings. The average molecular weight is 759 g/mol. The van der Waals surface area contributed by atoms with Crippen LogP contribution in [0, 0.1) is 0 Å². The summed E-state index contributed by atoms with van der Waals surface area (Å²) in [4.78, 5) is 0. The van der Waals surface area contributed by atoms with Crippen molar-refractivity contribution in [3.63, 3.8) is 0 Å². The molecule has 0 spiro atoms. The van der Waals surface area contributed by atoms with Crippen LogP contribution in [-0.4, -0.2) is 75.3 Å². The topological polar surface area (TPSA) is 47.9 Å². The number of rotatable bonds is 18. The number of aliphatic hydroxyl groups excluding tert-OH is 1. The van der Waals surface area contributed by atoms with Gasteiger partial charge in [-0.3, -0.25) is 0 Å². The lowest BCUT2D eigenvalue weighted by Gasteiger charge is -2.42. The number of alkyl halides is 11. The lowest BCUT2D eigenvalue weighted by molar-refractivity contribution is -0.422. The third kappa shape index (κ3) is 16.3. The van der Waals surface area contributed by atoms with Crippen LogP contribution < -0.4 is 0 Å². The van der Waals surface area contributed by atoms with Gasteiger partial charge in [0.15, 0.2) is 16.6 Å². The molecule has 0 fully saturated rings. The summed E-state index contributed by atoms with van der Waals surface area (Å²) in [6.07, 6.45) is -9.83. The highest BCUT2D eigenvalue weighted by atomic mass is 28.5. The largest absolute Gasteiger partial charge is 0.460 e. The first-order valence-electron chi connectivity index (χ1n) is 12.7. The summed E-state index contributed by atoms with van der Waals surface area (Å²) in [5.74, 6) is -27.6. The summed E-state index contributed by atoms with van der Waals surface area (Å²) in [6.45, 7) is 14.9. The Bertz CT molecular complexity index is 811. The first-order chi connectivity index (χ1) is 17.4. The van der Waals surface area contributed by atoms with Crippen molar-refractivity contribution in [2.24, 2.45) is 0 Å². The Hall–Kier alpha value is -0.0625. The van der Waals surface area contributed by atoms with Crippen LogP contribution in [0.5, 0.6) is 0 Å². The van der Waals surface area contributed by atoms with E-state index in [4.69, 9.17) is 12.3 Å². The maximum atomic E-state index is 14.0. The second kappa shape index (κ2) is 19.2. The molecule has 0 aromatic carbocycles. The molecule has 0 aliphatic heterocycles. The van der Waals surface area contributed by atoms with Crippen LogP contribution in [0.15, 0.2) is 0 Å². The van der Waals surface area contributed by atoms with Gasteiger partial charge in [-0.1, -0.05) is 50.0 Å². The maximum Gasteiger partial charge on any atom is 0.460 e. The van der Waals surface area contributed by atoms with E-state index in [0.29, 0.717) is 12.5 Å². The molecular formula is C26H61F11O4Si4. The van der Waals surface area contributed by atoms with Gasteiger partial charge in [-0.15, -0.1) is 0 Å². The molecule has 0 heterocycles. The molecule has 0 aliphatic carbocycles. The van der Waals surface area contributed by atoms with Crippen molar-refractivity contribution < 1.29 is 65.7 Å². The summed E-state index contributed by atoms with van der Waals surface area (Å²) in [7, 11) is -10.4. The average Bonchev–Trinajstić information content (AvgIpc) is 2.67. The zero-order chi connectivity index (χ0) is 32.3. The Kier molecular flexibility index (Phi) is 24.4. The Morgan fingerprint density at radius 1 is 0.511 bits per heavy atom. The Labute approximate surface area is 269 Å². The summed E-state index contributed by atoms with van der Waals surface area (Å²) >= 11 is 0. The van der Waals surface area contributed by atoms with E-state index in [1.54, 1.807) is 6.55 Å². The van der Waals surface area contributed by atoms with Crippen molar-refractivity contribution in [1.82, 2.24) is 0 Å². The van der Waals surface area contributed by atoms with Gasteiger partial charge in [-0.2, -0.15) is 48.3 Å². The van der Waals surface area contributed by atoms with E-state index in [1.807, 2.05) is 45.8 Å². The van der Waals surface area contributed by atoms with Crippen LogP contribution in [0.1, 0.15) is 69.2 Å². The van der Waals surface area contributed by atoms with Gasteiger partial charge in [-0.05, 0) is 77.3 Å². The van der Waals surface area contributed by atoms with Crippen molar-refractivity contribution in [2.75, 3.05) is 6.61 Å². The molecule has 0 saturated carbocycles. The van der Waals surface area contributed by atoms with Gasteiger partial charge in [0.25, 0.3) is 0 Å². The van der Waals surface area contributed by atoms with Gasteiger partial charge < -0.3 is 17.5 Å². The van der Waals surface area contributed by atoms with Crippen molar-refractivity contribution in [2.45, 2.75) is 164 Å². The third-order valence-electron chi connectivity index (χ3n) is 5.67. The highest BCUT2D eigenvalue weighted by Gasteiger charge is 2.86. The van der Waals surface area contributed by atoms with E-state index in [9.17, 15) is 53.4 Å². The zero-order valence-corrected chi connectivity index (χ0v) is 28.0. The van der Waals surface area contributed by atoms with Crippen LogP contribution in [0.3, 0.4) is 0 Å². The maximum absolute atomic E-state index is 14.0. The van der Waals surface area contributed by atoms with Crippen molar-refractivity contribution >= 4 is 33.8 Å². The SMILES string of the molecule is C.C.C.C.C.C[Si](C)(C)O[Si](C)(C)O[Si](C)(CCCCCC(F)(F)C(F)(F)C(F)(F)C(F)(F)C(F)(F)F)O[Si](C)(C)CCCO. The molecule has 0 bridgehead atoms. The first kappa shape index (κ1) is 57.2. The van der Waals surface area contributed by atoms with E-state index in [2.05, 4.69) is 0 Å². The second-order valence-corrected chi connectivity index (χ2v) is 28.3. The van der Waals surface area contributed by atoms with E-state index < -0.39 is 76.5 Å². The molecule has 19 heteroatoms. The molecule has 4 nitrogen and oxygen atoms in total. The third-order valence-corrected chi connectivity index (χ3v) is 20.5. The Balaban J connectivity index is -0.000000760. The fourth-order valence-corrected chi connectivity index (χ4v) is 23.2. The number of aliphatic hydroxyl groups is 1. The van der Waals surface area contributed by atoms with Crippen LogP contribution in [0.2, 0.25) is 64.5 Å². The van der Waals surface area contributed by atoms with Crippen molar-refractivity contribution in [1.29, 1.82) is 0 Å². The summed E-state index contributed by atoms with van der Waals surface area (Å²) < 4.78 is 164. The molecule has 0 aliphatic rings. The van der Waals surface area contributed by atoms with Gasteiger partial charge in [0, 0.05) is 13.0 Å². The smallest absolute Gasteiger partial charge is 0.437 e. The normalized spacial score (nSPS) is 14.9. The van der Waals surface area contributed by atoms with Gasteiger partial charge >= 0.3 is 47.0 Å². The van der Waals surface area contributed by atoms with E-state index in [-0.39, 0.29) is 62.6 Å². The van der Waals surface area contributed by atoms with Gasteiger partial charge in [-0.25, -0.2) is 0 Å². The van der Waals surface area contributed by atoms with Crippen molar-refractivity contribution in [3.8, 4) is 0 Å². The highest BCUT2D eigenvalue weighted by Crippen LogP contribution is 2.58. The van der Waals surface area contributed by atoms with Gasteiger partial charge in [0.05, 0.1) is 0 Å². The fraction of sp³-hybridized carbons (Fsp3) is 1.00. The molecule has 0 amide bonds. The highest BCUT2D eigenvalue weighted by molar-refractivity contribution is 6.89. The van der Waals surface area contributed by atoms with Crippen LogP contribution in [-0.2, 0) is 12.3 Å². The molecular weight excluding hydrogens is 698 g/mol. The summed E-state index contributed by atoms with van der Waals surface area (Å²) in [5.41, 5.74) is 0. The minimum Gasteiger partial charge on any atom is -0.437 e. The summed E-state index contributed by atoms with van der Waals surface area (Å²) in [5, 5.41) is 9.18. The number of halogens is 11. The Morgan fingerprint density at radius 2 is 0.956 bits per heavy atom. The van der Waals surface area contributed by atoms with Crippen LogP contribution >= 0.6 is 0 Å². The minimum absolute atomic E-state index is 0. The van der Waals surface area contributed by atoms with Gasteiger partial charge in [0.1, 0.15) is 0 Å². The van der Waals surface area contributed by atoms with Crippen LogP contribution in [0.4, 0.5) is 48.3 Å². The fourth-order valence-electron chi connectivity index (χ4n) is 4.27. The molecule has 45 heavy (non-hydrogen) atoms. The minimum atomic E-state index is -7.38. The quantitative estimate of drug-likeness (QED) is 0.0859. The Morgan fingerprint density at radius 3 is 1.33 bits per heavy atom. The lowest BCUT2D eigenvalue weighted by atomic mass is 9.94. The molecule has 1 unspecified atom stereocenters. The van der Waals surface area contributed by atoms with E-state index in [1.165, 1.54) is 0 Å². The number of unbranched alkanes of at least 4 members (excludes halogenated alkanes) is 2. The van der Waals surface area contributed by atoms with E-state index in [0.717, 1.165) is 0 Å². The molecule has 0 rings (SSSR count). The molecule has 0 saturated heterocycles. The predicted octanol–water partition coefficient (Wildman–Crippen LogP) is 12.1. The molecule has 282 valence electrons. The predicted molar refractivity (Wildman–Crippen MR) is 172 cm³/mol. The zero-order valence-electron chi connectivity index (χ0n) is 24.0. The van der Waals surface area contributed by atoms with Gasteiger partial charge in [0.2, 0.25) is 0 Å². The standard InChI is InChI=1S/C21H41F11O4Si4.5CH4/c1-37(2,3)34-39(6,7)36-40(8,35-38(4,5)15-12-14-33)16-11-9-10-13-17(22,23)18(24,25)19(26,27)20(28,29)21(30,31)32;;;;;/h33H,9-16H2,1-8H3;5*1H4. The van der Waals surface area contributed by atoms with Crippen molar-refractivity contribution in [3.05, 3.63) is 0 Å².